The first-order valence-corrected chi connectivity index (χ1v) is 12.7. The third kappa shape index (κ3) is 5.00. The summed E-state index contributed by atoms with van der Waals surface area (Å²) in [5, 5.41) is 0. The third-order valence-electron chi connectivity index (χ3n) is 7.57. The van der Waals surface area contributed by atoms with Gasteiger partial charge in [-0.1, -0.05) is 18.7 Å². The molecule has 1 aliphatic carbocycles. The van der Waals surface area contributed by atoms with Gasteiger partial charge in [-0.05, 0) is 99.9 Å². The van der Waals surface area contributed by atoms with Crippen LogP contribution in [0.15, 0.2) is 54.8 Å². The molecule has 5 rings (SSSR count). The number of amides is 1. The highest BCUT2D eigenvalue weighted by Crippen LogP contribution is 2.40. The minimum atomic E-state index is -0.318. The van der Waals surface area contributed by atoms with Gasteiger partial charge in [0.1, 0.15) is 23.9 Å². The van der Waals surface area contributed by atoms with Gasteiger partial charge < -0.3 is 14.4 Å². The third-order valence-corrected chi connectivity index (χ3v) is 7.57. The molecule has 1 saturated carbocycles. The van der Waals surface area contributed by atoms with E-state index in [0.29, 0.717) is 31.4 Å². The van der Waals surface area contributed by atoms with Gasteiger partial charge in [-0.15, -0.1) is 0 Å². The van der Waals surface area contributed by atoms with Gasteiger partial charge in [-0.2, -0.15) is 0 Å². The predicted molar refractivity (Wildman–Crippen MR) is 136 cm³/mol. The summed E-state index contributed by atoms with van der Waals surface area (Å²) in [7, 11) is 0. The summed E-state index contributed by atoms with van der Waals surface area (Å²) in [4.78, 5) is 17.5. The summed E-state index contributed by atoms with van der Waals surface area (Å²) in [6.45, 7) is 11.9. The van der Waals surface area contributed by atoms with E-state index in [2.05, 4.69) is 30.5 Å². The second kappa shape index (κ2) is 9.83. The van der Waals surface area contributed by atoms with Crippen molar-refractivity contribution in [3.63, 3.8) is 0 Å². The minimum Gasteiger partial charge on any atom is -0.492 e. The van der Waals surface area contributed by atoms with E-state index in [-0.39, 0.29) is 11.8 Å². The van der Waals surface area contributed by atoms with Crippen molar-refractivity contribution >= 4 is 11.6 Å². The highest BCUT2D eigenvalue weighted by molar-refractivity contribution is 5.98. The van der Waals surface area contributed by atoms with Crippen LogP contribution >= 0.6 is 0 Å². The molecule has 2 aromatic rings. The zero-order valence-electron chi connectivity index (χ0n) is 20.5. The standard InChI is InChI=1S/C29H36N2O3/c1-20-19-25(10-13-28(20)33-18-17-30-15-4-5-21(30)2)31-16-14-27(29(31)32)22(3)34-26-11-8-24(9-12-26)23-6-7-23/h8-13,19,21,23,27H,3-7,14-18H2,1-2H3/t21-,27-/m1/s1. The smallest absolute Gasteiger partial charge is 0.237 e. The van der Waals surface area contributed by atoms with Gasteiger partial charge in [0.25, 0.3) is 0 Å². The average Bonchev–Trinajstić information content (AvgIpc) is 3.49. The molecule has 5 nitrogen and oxygen atoms in total. The Bertz CT molecular complexity index is 1040. The van der Waals surface area contributed by atoms with Crippen molar-refractivity contribution < 1.29 is 14.3 Å². The fraction of sp³-hybridized carbons (Fsp3) is 0.483. The number of anilines is 1. The zero-order chi connectivity index (χ0) is 23.7. The fourth-order valence-corrected chi connectivity index (χ4v) is 5.24. The summed E-state index contributed by atoms with van der Waals surface area (Å²) in [5.74, 6) is 2.62. The molecule has 1 amide bonds. The van der Waals surface area contributed by atoms with Crippen LogP contribution in [0.25, 0.3) is 0 Å². The van der Waals surface area contributed by atoms with E-state index in [0.717, 1.165) is 35.2 Å². The van der Waals surface area contributed by atoms with E-state index in [1.54, 1.807) is 0 Å². The van der Waals surface area contributed by atoms with E-state index in [1.807, 2.05) is 42.2 Å². The quantitative estimate of drug-likeness (QED) is 0.452. The number of carbonyl (C=O) groups is 1. The number of aryl methyl sites for hydroxylation is 1. The molecule has 2 aliphatic heterocycles. The Morgan fingerprint density at radius 2 is 1.85 bits per heavy atom. The van der Waals surface area contributed by atoms with Crippen LogP contribution in [0, 0.1) is 12.8 Å². The largest absolute Gasteiger partial charge is 0.492 e. The molecule has 0 unspecified atom stereocenters. The van der Waals surface area contributed by atoms with Gasteiger partial charge in [-0.25, -0.2) is 0 Å². The Morgan fingerprint density at radius 3 is 2.53 bits per heavy atom. The van der Waals surface area contributed by atoms with Crippen LogP contribution in [0.1, 0.15) is 56.1 Å². The maximum Gasteiger partial charge on any atom is 0.237 e. The first-order valence-electron chi connectivity index (χ1n) is 12.7. The Labute approximate surface area is 203 Å². The van der Waals surface area contributed by atoms with Crippen molar-refractivity contribution in [2.24, 2.45) is 5.92 Å². The Kier molecular flexibility index (Phi) is 6.64. The number of hydrogen-bond donors (Lipinski definition) is 0. The van der Waals surface area contributed by atoms with Crippen molar-refractivity contribution in [3.8, 4) is 11.5 Å². The van der Waals surface area contributed by atoms with Crippen LogP contribution in [0.5, 0.6) is 11.5 Å². The molecule has 0 aromatic heterocycles. The summed E-state index contributed by atoms with van der Waals surface area (Å²) in [6.07, 6.45) is 5.84. The Hall–Kier alpha value is -2.79. The lowest BCUT2D eigenvalue weighted by Crippen LogP contribution is -2.31. The summed E-state index contributed by atoms with van der Waals surface area (Å²) in [6, 6.07) is 14.9. The van der Waals surface area contributed by atoms with Crippen molar-refractivity contribution in [3.05, 3.63) is 65.9 Å². The highest BCUT2D eigenvalue weighted by Gasteiger charge is 2.36. The van der Waals surface area contributed by atoms with Crippen LogP contribution in [-0.4, -0.2) is 43.1 Å². The Morgan fingerprint density at radius 1 is 1.06 bits per heavy atom. The molecule has 0 spiro atoms. The van der Waals surface area contributed by atoms with Crippen LogP contribution in [0.4, 0.5) is 5.69 Å². The van der Waals surface area contributed by atoms with Gasteiger partial charge in [0.2, 0.25) is 5.91 Å². The lowest BCUT2D eigenvalue weighted by Gasteiger charge is -2.22. The number of likely N-dealkylation sites (tertiary alicyclic amines) is 1. The van der Waals surface area contributed by atoms with E-state index in [4.69, 9.17) is 9.47 Å². The molecule has 2 saturated heterocycles. The normalized spacial score (nSPS) is 22.9. The predicted octanol–water partition coefficient (Wildman–Crippen LogP) is 5.68. The number of benzene rings is 2. The summed E-state index contributed by atoms with van der Waals surface area (Å²) >= 11 is 0. The minimum absolute atomic E-state index is 0.0516. The molecule has 2 atom stereocenters. The van der Waals surface area contributed by atoms with Crippen molar-refractivity contribution in [2.45, 2.75) is 57.9 Å². The topological polar surface area (TPSA) is 42.0 Å². The lowest BCUT2D eigenvalue weighted by molar-refractivity contribution is -0.119. The van der Waals surface area contributed by atoms with E-state index in [9.17, 15) is 4.79 Å². The average molecular weight is 461 g/mol. The van der Waals surface area contributed by atoms with E-state index in [1.165, 1.54) is 37.8 Å². The first kappa shape index (κ1) is 23.0. The molecule has 0 radical (unpaired) electrons. The number of nitrogens with zero attached hydrogens (tertiary/aromatic N) is 2. The Balaban J connectivity index is 1.16. The number of hydrogen-bond acceptors (Lipinski definition) is 4. The maximum absolute atomic E-state index is 13.2. The van der Waals surface area contributed by atoms with E-state index >= 15 is 0 Å². The first-order chi connectivity index (χ1) is 16.5. The number of carbonyl (C=O) groups excluding carboxylic acids is 1. The van der Waals surface area contributed by atoms with Crippen molar-refractivity contribution in [1.29, 1.82) is 0 Å². The molecule has 180 valence electrons. The SMILES string of the molecule is C=C(Oc1ccc(C2CC2)cc1)[C@H]1CCN(c2ccc(OCCN3CCC[C@H]3C)c(C)c2)C1=O. The molecule has 34 heavy (non-hydrogen) atoms. The van der Waals surface area contributed by atoms with Crippen LogP contribution in [0.2, 0.25) is 0 Å². The summed E-state index contributed by atoms with van der Waals surface area (Å²) in [5.41, 5.74) is 3.33. The zero-order valence-corrected chi connectivity index (χ0v) is 20.5. The maximum atomic E-state index is 13.2. The molecular formula is C29H36N2O3. The molecule has 3 aliphatic rings. The van der Waals surface area contributed by atoms with E-state index < -0.39 is 0 Å². The highest BCUT2D eigenvalue weighted by atomic mass is 16.5. The molecule has 3 fully saturated rings. The second-order valence-corrected chi connectivity index (χ2v) is 10.1. The fourth-order valence-electron chi connectivity index (χ4n) is 5.24. The summed E-state index contributed by atoms with van der Waals surface area (Å²) < 4.78 is 12.0. The van der Waals surface area contributed by atoms with Gasteiger partial charge in [0.15, 0.2) is 0 Å². The van der Waals surface area contributed by atoms with Crippen LogP contribution < -0.4 is 14.4 Å². The van der Waals surface area contributed by atoms with Crippen LogP contribution in [0.3, 0.4) is 0 Å². The molecule has 2 aromatic carbocycles. The molecule has 0 N–H and O–H groups in total. The van der Waals surface area contributed by atoms with Gasteiger partial charge in [0.05, 0.1) is 5.92 Å². The monoisotopic (exact) mass is 460 g/mol. The molecule has 2 heterocycles. The molecular weight excluding hydrogens is 424 g/mol. The lowest BCUT2D eigenvalue weighted by atomic mass is 10.1. The van der Waals surface area contributed by atoms with Gasteiger partial charge >= 0.3 is 0 Å². The van der Waals surface area contributed by atoms with Crippen LogP contribution in [-0.2, 0) is 4.79 Å². The van der Waals surface area contributed by atoms with Gasteiger partial charge in [0, 0.05) is 24.8 Å². The molecule has 0 bridgehead atoms. The molecule has 5 heteroatoms. The van der Waals surface area contributed by atoms with Crippen molar-refractivity contribution in [1.82, 2.24) is 4.90 Å². The van der Waals surface area contributed by atoms with Crippen molar-refractivity contribution in [2.75, 3.05) is 31.1 Å². The van der Waals surface area contributed by atoms with Gasteiger partial charge in [-0.3, -0.25) is 9.69 Å². The number of ether oxygens (including phenoxy) is 2. The number of rotatable bonds is 9. The second-order valence-electron chi connectivity index (χ2n) is 10.1.